The lowest BCUT2D eigenvalue weighted by molar-refractivity contribution is -0.308. The van der Waals surface area contributed by atoms with Crippen LogP contribution in [-0.2, 0) is 27.2 Å². The van der Waals surface area contributed by atoms with Crippen LogP contribution < -0.4 is 5.32 Å². The van der Waals surface area contributed by atoms with Crippen LogP contribution in [0.15, 0.2) is 60.7 Å². The number of hydrogen-bond acceptors (Lipinski definition) is 4. The molecule has 5 rings (SSSR count). The first-order chi connectivity index (χ1) is 16.9. The molecule has 5 nitrogen and oxygen atoms in total. The van der Waals surface area contributed by atoms with E-state index in [4.69, 9.17) is 9.47 Å². The Morgan fingerprint density at radius 2 is 1.66 bits per heavy atom. The quantitative estimate of drug-likeness (QED) is 0.623. The maximum atomic E-state index is 13.0. The molecular weight excluding hydrogens is 438 g/mol. The maximum absolute atomic E-state index is 13.0. The Kier molecular flexibility index (Phi) is 7.02. The van der Waals surface area contributed by atoms with E-state index in [9.17, 15) is 9.90 Å². The first-order valence-electron chi connectivity index (χ1n) is 13.2. The second-order valence-electron chi connectivity index (χ2n) is 11.4. The number of ether oxygens (including phenoxy) is 2. The van der Waals surface area contributed by atoms with E-state index in [0.717, 1.165) is 37.7 Å². The summed E-state index contributed by atoms with van der Waals surface area (Å²) in [5.41, 5.74) is 2.08. The lowest BCUT2D eigenvalue weighted by atomic mass is 9.46. The molecule has 7 atom stereocenters. The Hall–Kier alpha value is -2.21. The van der Waals surface area contributed by atoms with Gasteiger partial charge < -0.3 is 19.9 Å². The second-order valence-corrected chi connectivity index (χ2v) is 11.4. The fourth-order valence-electron chi connectivity index (χ4n) is 7.27. The van der Waals surface area contributed by atoms with Gasteiger partial charge in [-0.2, -0.15) is 0 Å². The Labute approximate surface area is 209 Å². The van der Waals surface area contributed by atoms with Gasteiger partial charge in [-0.05, 0) is 54.1 Å². The summed E-state index contributed by atoms with van der Waals surface area (Å²) in [6.45, 7) is 5.79. The third kappa shape index (κ3) is 4.91. The lowest BCUT2D eigenvalue weighted by Crippen LogP contribution is -2.63. The van der Waals surface area contributed by atoms with E-state index >= 15 is 0 Å². The number of hydrogen-bond donors (Lipinski definition) is 2. The largest absolute Gasteiger partial charge is 0.393 e. The molecule has 0 aromatic heterocycles. The smallest absolute Gasteiger partial charge is 0.220 e. The van der Waals surface area contributed by atoms with E-state index in [-0.39, 0.29) is 35.0 Å². The minimum atomic E-state index is -0.449. The number of fused-ring (bicyclic) bond motifs is 3. The zero-order valence-electron chi connectivity index (χ0n) is 21.0. The van der Waals surface area contributed by atoms with E-state index < -0.39 is 6.10 Å². The topological polar surface area (TPSA) is 67.8 Å². The third-order valence-electron chi connectivity index (χ3n) is 9.21. The van der Waals surface area contributed by atoms with E-state index in [1.54, 1.807) is 0 Å². The summed E-state index contributed by atoms with van der Waals surface area (Å²) in [5, 5.41) is 14.1. The molecule has 0 bridgehead atoms. The van der Waals surface area contributed by atoms with Crippen LogP contribution >= 0.6 is 0 Å². The number of benzene rings is 2. The number of aliphatic hydroxyl groups excluding tert-OH is 1. The van der Waals surface area contributed by atoms with Crippen molar-refractivity contribution in [3.63, 3.8) is 0 Å². The summed E-state index contributed by atoms with van der Waals surface area (Å²) < 4.78 is 12.9. The molecule has 1 heterocycles. The Bertz CT molecular complexity index is 998. The Morgan fingerprint density at radius 1 is 0.971 bits per heavy atom. The third-order valence-corrected chi connectivity index (χ3v) is 9.21. The highest BCUT2D eigenvalue weighted by atomic mass is 16.7. The predicted octanol–water partition coefficient (Wildman–Crippen LogP) is 4.87. The summed E-state index contributed by atoms with van der Waals surface area (Å²) >= 11 is 0. The number of carbonyl (C=O) groups is 1. The monoisotopic (exact) mass is 477 g/mol. The predicted molar refractivity (Wildman–Crippen MR) is 135 cm³/mol. The molecule has 0 unspecified atom stereocenters. The van der Waals surface area contributed by atoms with Crippen molar-refractivity contribution in [3.8, 4) is 0 Å². The molecule has 2 aromatic carbocycles. The van der Waals surface area contributed by atoms with Gasteiger partial charge in [0.05, 0.1) is 18.8 Å². The second kappa shape index (κ2) is 10.0. The van der Waals surface area contributed by atoms with Gasteiger partial charge in [0.15, 0.2) is 6.29 Å². The highest BCUT2D eigenvalue weighted by Crippen LogP contribution is 2.62. The van der Waals surface area contributed by atoms with E-state index in [2.05, 4.69) is 43.4 Å². The molecule has 3 aliphatic rings. The van der Waals surface area contributed by atoms with Gasteiger partial charge in [-0.1, -0.05) is 74.5 Å². The van der Waals surface area contributed by atoms with Crippen LogP contribution in [0.1, 0.15) is 57.1 Å². The van der Waals surface area contributed by atoms with Crippen molar-refractivity contribution >= 4 is 5.91 Å². The SMILES string of the molecule is C[C@@]12CO[C@@H](Cc3ccccc3)O[C@@H]1CC[C@]1(C)[C@@H]2CC[C@@H](O)[C@H]1CC(=O)NCc1ccccc1. The van der Waals surface area contributed by atoms with Crippen molar-refractivity contribution in [2.75, 3.05) is 6.61 Å². The number of rotatable bonds is 6. The minimum absolute atomic E-state index is 0.0196. The summed E-state index contributed by atoms with van der Waals surface area (Å²) in [6.07, 6.45) is 4.18. The highest BCUT2D eigenvalue weighted by Gasteiger charge is 2.61. The highest BCUT2D eigenvalue weighted by molar-refractivity contribution is 5.76. The zero-order chi connectivity index (χ0) is 24.5. The van der Waals surface area contributed by atoms with Crippen LogP contribution in [0.3, 0.4) is 0 Å². The zero-order valence-corrected chi connectivity index (χ0v) is 21.0. The van der Waals surface area contributed by atoms with Crippen molar-refractivity contribution in [1.82, 2.24) is 5.32 Å². The molecule has 2 saturated carbocycles. The van der Waals surface area contributed by atoms with Crippen LogP contribution in [0.25, 0.3) is 0 Å². The molecule has 2 N–H and O–H groups in total. The first-order valence-corrected chi connectivity index (χ1v) is 13.2. The normalized spacial score (nSPS) is 36.6. The average Bonchev–Trinajstić information content (AvgIpc) is 2.86. The summed E-state index contributed by atoms with van der Waals surface area (Å²) in [5.74, 6) is 0.310. The van der Waals surface area contributed by atoms with E-state index in [0.29, 0.717) is 25.5 Å². The molecule has 1 amide bonds. The van der Waals surface area contributed by atoms with Crippen molar-refractivity contribution in [2.24, 2.45) is 22.7 Å². The van der Waals surface area contributed by atoms with Gasteiger partial charge in [0, 0.05) is 24.8 Å². The first kappa shape index (κ1) is 24.5. The maximum Gasteiger partial charge on any atom is 0.220 e. The number of amides is 1. The van der Waals surface area contributed by atoms with Gasteiger partial charge in [0.1, 0.15) is 0 Å². The van der Waals surface area contributed by atoms with Crippen LogP contribution in [-0.4, -0.2) is 36.1 Å². The van der Waals surface area contributed by atoms with Crippen molar-refractivity contribution in [3.05, 3.63) is 71.8 Å². The molecule has 2 aliphatic carbocycles. The Balaban J connectivity index is 1.26. The van der Waals surface area contributed by atoms with Crippen molar-refractivity contribution in [2.45, 2.75) is 77.4 Å². The van der Waals surface area contributed by atoms with Gasteiger partial charge in [-0.25, -0.2) is 0 Å². The van der Waals surface area contributed by atoms with Gasteiger partial charge in [-0.15, -0.1) is 0 Å². The number of carbonyl (C=O) groups excluding carboxylic acids is 1. The number of aliphatic hydroxyl groups is 1. The molecule has 188 valence electrons. The molecule has 5 heteroatoms. The molecule has 35 heavy (non-hydrogen) atoms. The van der Waals surface area contributed by atoms with Crippen molar-refractivity contribution in [1.29, 1.82) is 0 Å². The van der Waals surface area contributed by atoms with Crippen LogP contribution in [0.4, 0.5) is 0 Å². The Morgan fingerprint density at radius 3 is 2.37 bits per heavy atom. The van der Waals surface area contributed by atoms with Gasteiger partial charge in [-0.3, -0.25) is 4.79 Å². The summed E-state index contributed by atoms with van der Waals surface area (Å²) in [7, 11) is 0. The van der Waals surface area contributed by atoms with Crippen LogP contribution in [0.5, 0.6) is 0 Å². The molecule has 3 fully saturated rings. The fraction of sp³-hybridized carbons (Fsp3) is 0.567. The fourth-order valence-corrected chi connectivity index (χ4v) is 7.27. The van der Waals surface area contributed by atoms with Gasteiger partial charge >= 0.3 is 0 Å². The van der Waals surface area contributed by atoms with Gasteiger partial charge in [0.25, 0.3) is 0 Å². The average molecular weight is 478 g/mol. The van der Waals surface area contributed by atoms with Crippen LogP contribution in [0.2, 0.25) is 0 Å². The van der Waals surface area contributed by atoms with Crippen LogP contribution in [0, 0.1) is 22.7 Å². The standard InChI is InChI=1S/C30H39NO4/c1-29-16-15-26-30(2,20-34-28(35-26)17-21-9-5-3-6-10-21)25(29)14-13-24(32)23(29)18-27(33)31-19-22-11-7-4-8-12-22/h3-12,23-26,28,32H,13-20H2,1-2H3,(H,31,33)/t23-,24-,25+,26-,28-,29+,30+/m1/s1. The van der Waals surface area contributed by atoms with Gasteiger partial charge in [0.2, 0.25) is 5.91 Å². The minimum Gasteiger partial charge on any atom is -0.393 e. The summed E-state index contributed by atoms with van der Waals surface area (Å²) in [6, 6.07) is 20.3. The van der Waals surface area contributed by atoms with Crippen molar-refractivity contribution < 1.29 is 19.4 Å². The molecule has 1 saturated heterocycles. The number of nitrogens with one attached hydrogen (secondary N) is 1. The molecule has 0 radical (unpaired) electrons. The van der Waals surface area contributed by atoms with E-state index in [1.165, 1.54) is 5.56 Å². The molecule has 1 aliphatic heterocycles. The van der Waals surface area contributed by atoms with E-state index in [1.807, 2.05) is 36.4 Å². The lowest BCUT2D eigenvalue weighted by Gasteiger charge is -2.63. The molecule has 0 spiro atoms. The molecular formula is C30H39NO4. The summed E-state index contributed by atoms with van der Waals surface area (Å²) in [4.78, 5) is 13.0. The molecule has 2 aromatic rings.